The zero-order valence-electron chi connectivity index (χ0n) is 10.2. The van der Waals surface area contributed by atoms with Gasteiger partial charge in [0.1, 0.15) is 11.6 Å². The van der Waals surface area contributed by atoms with E-state index in [0.717, 1.165) is 32.5 Å². The number of aromatic nitrogens is 1. The molecule has 2 N–H and O–H groups in total. The van der Waals surface area contributed by atoms with Crippen molar-refractivity contribution in [1.29, 1.82) is 0 Å². The van der Waals surface area contributed by atoms with Gasteiger partial charge in [0, 0.05) is 13.1 Å². The molecule has 1 fully saturated rings. The SMILES string of the molecule is CN1CCOCC1.O=CNNc1ccc(F)cn1. The lowest BCUT2D eigenvalue weighted by atomic mass is 10.4. The van der Waals surface area contributed by atoms with E-state index in [0.29, 0.717) is 12.2 Å². The summed E-state index contributed by atoms with van der Waals surface area (Å²) in [7, 11) is 2.11. The maximum Gasteiger partial charge on any atom is 0.225 e. The molecule has 18 heavy (non-hydrogen) atoms. The van der Waals surface area contributed by atoms with E-state index in [-0.39, 0.29) is 0 Å². The summed E-state index contributed by atoms with van der Waals surface area (Å²) in [6, 6.07) is 2.65. The van der Waals surface area contributed by atoms with E-state index in [1.54, 1.807) is 0 Å². The largest absolute Gasteiger partial charge is 0.379 e. The zero-order chi connectivity index (χ0) is 13.2. The highest BCUT2D eigenvalue weighted by Gasteiger charge is 2.02. The smallest absolute Gasteiger partial charge is 0.225 e. The number of rotatable bonds is 3. The molecule has 2 rings (SSSR count). The van der Waals surface area contributed by atoms with Gasteiger partial charge in [-0.15, -0.1) is 0 Å². The van der Waals surface area contributed by atoms with E-state index in [1.165, 1.54) is 12.1 Å². The summed E-state index contributed by atoms with van der Waals surface area (Å²) >= 11 is 0. The third-order valence-corrected chi connectivity index (χ3v) is 2.22. The maximum atomic E-state index is 12.2. The number of pyridine rings is 1. The van der Waals surface area contributed by atoms with Gasteiger partial charge in [0.15, 0.2) is 0 Å². The highest BCUT2D eigenvalue weighted by molar-refractivity contribution is 5.50. The van der Waals surface area contributed by atoms with Crippen LogP contribution in [-0.4, -0.2) is 49.6 Å². The first-order valence-corrected chi connectivity index (χ1v) is 5.55. The van der Waals surface area contributed by atoms with Gasteiger partial charge in [0.05, 0.1) is 19.4 Å². The first kappa shape index (κ1) is 14.3. The van der Waals surface area contributed by atoms with Crippen LogP contribution in [0.15, 0.2) is 18.3 Å². The van der Waals surface area contributed by atoms with E-state index in [2.05, 4.69) is 27.8 Å². The van der Waals surface area contributed by atoms with Gasteiger partial charge in [-0.1, -0.05) is 0 Å². The first-order valence-electron chi connectivity index (χ1n) is 5.55. The van der Waals surface area contributed by atoms with Crippen LogP contribution in [0.4, 0.5) is 10.2 Å². The van der Waals surface area contributed by atoms with Gasteiger partial charge in [-0.3, -0.25) is 15.6 Å². The minimum Gasteiger partial charge on any atom is -0.379 e. The Kier molecular flexibility index (Phi) is 6.67. The van der Waals surface area contributed by atoms with E-state index >= 15 is 0 Å². The summed E-state index contributed by atoms with van der Waals surface area (Å²) in [6.45, 7) is 4.02. The topological polar surface area (TPSA) is 66.5 Å². The molecule has 1 saturated heterocycles. The summed E-state index contributed by atoms with van der Waals surface area (Å²) in [5.74, 6) is -0.0276. The van der Waals surface area contributed by atoms with Gasteiger partial charge in [-0.2, -0.15) is 0 Å². The van der Waals surface area contributed by atoms with Crippen LogP contribution in [-0.2, 0) is 9.53 Å². The Balaban J connectivity index is 0.000000199. The normalized spacial score (nSPS) is 15.2. The lowest BCUT2D eigenvalue weighted by Gasteiger charge is -2.21. The number of halogens is 1. The number of anilines is 1. The van der Waals surface area contributed by atoms with Crippen molar-refractivity contribution in [2.45, 2.75) is 0 Å². The van der Waals surface area contributed by atoms with Crippen LogP contribution in [0.2, 0.25) is 0 Å². The fraction of sp³-hybridized carbons (Fsp3) is 0.455. The quantitative estimate of drug-likeness (QED) is 0.599. The molecule has 1 aliphatic heterocycles. The van der Waals surface area contributed by atoms with Gasteiger partial charge in [0.2, 0.25) is 6.41 Å². The molecule has 1 aromatic heterocycles. The number of hydrogen-bond donors (Lipinski definition) is 2. The molecule has 1 aliphatic rings. The Morgan fingerprint density at radius 1 is 1.44 bits per heavy atom. The first-order chi connectivity index (χ1) is 8.72. The molecule has 1 aromatic rings. The summed E-state index contributed by atoms with van der Waals surface area (Å²) in [6.07, 6.45) is 1.51. The molecule has 0 aliphatic carbocycles. The van der Waals surface area contributed by atoms with Crippen molar-refractivity contribution < 1.29 is 13.9 Å². The molecule has 0 radical (unpaired) electrons. The minimum absolute atomic E-state index is 0.388. The molecule has 6 nitrogen and oxygen atoms in total. The number of nitrogens with one attached hydrogen (secondary N) is 2. The second-order valence-electron chi connectivity index (χ2n) is 3.66. The average Bonchev–Trinajstić information content (AvgIpc) is 2.40. The van der Waals surface area contributed by atoms with E-state index in [9.17, 15) is 9.18 Å². The Morgan fingerprint density at radius 2 is 2.17 bits per heavy atom. The van der Waals surface area contributed by atoms with Gasteiger partial charge in [0.25, 0.3) is 0 Å². The van der Waals surface area contributed by atoms with E-state index in [1.807, 2.05) is 0 Å². The molecular weight excluding hydrogens is 239 g/mol. The molecule has 7 heteroatoms. The number of carbonyl (C=O) groups excluding carboxylic acids is 1. The number of amides is 1. The molecule has 0 saturated carbocycles. The van der Waals surface area contributed by atoms with Crippen molar-refractivity contribution in [3.63, 3.8) is 0 Å². The fourth-order valence-electron chi connectivity index (χ4n) is 1.21. The standard InChI is InChI=1S/C6H6FN3O.C5H11NO/c7-5-1-2-6(8-3-5)10-9-4-11;1-6-2-4-7-5-3-6/h1-4H,(H,8,10)(H,9,11);2-5H2,1H3. The fourth-order valence-corrected chi connectivity index (χ4v) is 1.21. The highest BCUT2D eigenvalue weighted by Crippen LogP contribution is 2.00. The second-order valence-corrected chi connectivity index (χ2v) is 3.66. The number of hydrogen-bond acceptors (Lipinski definition) is 5. The maximum absolute atomic E-state index is 12.2. The molecule has 0 aromatic carbocycles. The molecule has 100 valence electrons. The Bertz CT molecular complexity index is 341. The van der Waals surface area contributed by atoms with Crippen molar-refractivity contribution in [1.82, 2.24) is 15.3 Å². The van der Waals surface area contributed by atoms with Crippen molar-refractivity contribution in [3.8, 4) is 0 Å². The molecule has 0 bridgehead atoms. The van der Waals surface area contributed by atoms with Crippen LogP contribution in [0.5, 0.6) is 0 Å². The van der Waals surface area contributed by atoms with Crippen LogP contribution in [0, 0.1) is 5.82 Å². The number of likely N-dealkylation sites (N-methyl/N-ethyl adjacent to an activating group) is 1. The molecular formula is C11H17FN4O2. The van der Waals surface area contributed by atoms with Gasteiger partial charge < -0.3 is 9.64 Å². The zero-order valence-corrected chi connectivity index (χ0v) is 10.2. The van der Waals surface area contributed by atoms with Crippen LogP contribution < -0.4 is 10.9 Å². The Hall–Kier alpha value is -1.73. The summed E-state index contributed by atoms with van der Waals surface area (Å²) in [5, 5.41) is 0. The minimum atomic E-state index is -0.415. The van der Waals surface area contributed by atoms with Crippen molar-refractivity contribution in [2.24, 2.45) is 0 Å². The Labute approximate surface area is 105 Å². The van der Waals surface area contributed by atoms with Crippen molar-refractivity contribution >= 4 is 12.2 Å². The number of hydrazine groups is 1. The molecule has 2 heterocycles. The third-order valence-electron chi connectivity index (χ3n) is 2.22. The van der Waals surface area contributed by atoms with Crippen LogP contribution in [0.3, 0.4) is 0 Å². The Morgan fingerprint density at radius 3 is 2.61 bits per heavy atom. The second kappa shape index (κ2) is 8.37. The van der Waals surface area contributed by atoms with Gasteiger partial charge >= 0.3 is 0 Å². The summed E-state index contributed by atoms with van der Waals surface area (Å²) in [4.78, 5) is 15.6. The number of ether oxygens (including phenoxy) is 1. The average molecular weight is 256 g/mol. The van der Waals surface area contributed by atoms with E-state index < -0.39 is 5.82 Å². The predicted octanol–water partition coefficient (Wildman–Crippen LogP) is 0.242. The third kappa shape index (κ3) is 6.12. The van der Waals surface area contributed by atoms with Crippen molar-refractivity contribution in [3.05, 3.63) is 24.1 Å². The number of nitrogens with zero attached hydrogens (tertiary/aromatic N) is 2. The molecule has 0 spiro atoms. The van der Waals surface area contributed by atoms with Crippen LogP contribution in [0.25, 0.3) is 0 Å². The summed E-state index contributed by atoms with van der Waals surface area (Å²) < 4.78 is 17.3. The molecule has 0 unspecified atom stereocenters. The predicted molar refractivity (Wildman–Crippen MR) is 65.3 cm³/mol. The molecule has 0 atom stereocenters. The van der Waals surface area contributed by atoms with Gasteiger partial charge in [-0.25, -0.2) is 9.37 Å². The molecule has 1 amide bonds. The highest BCUT2D eigenvalue weighted by atomic mass is 19.1. The van der Waals surface area contributed by atoms with E-state index in [4.69, 9.17) is 4.74 Å². The summed E-state index contributed by atoms with van der Waals surface area (Å²) in [5.41, 5.74) is 4.59. The lowest BCUT2D eigenvalue weighted by molar-refractivity contribution is -0.109. The van der Waals surface area contributed by atoms with Crippen LogP contribution in [0.1, 0.15) is 0 Å². The van der Waals surface area contributed by atoms with Crippen LogP contribution >= 0.6 is 0 Å². The number of morpholine rings is 1. The lowest BCUT2D eigenvalue weighted by Crippen LogP contribution is -2.32. The monoisotopic (exact) mass is 256 g/mol. The van der Waals surface area contributed by atoms with Crippen molar-refractivity contribution in [2.75, 3.05) is 38.8 Å². The number of carbonyl (C=O) groups is 1. The van der Waals surface area contributed by atoms with Gasteiger partial charge in [-0.05, 0) is 19.2 Å².